The molecule has 1 N–H and O–H groups in total. The van der Waals surface area contributed by atoms with E-state index >= 15 is 0 Å². The first-order chi connectivity index (χ1) is 11.7. The standard InChI is InChI=1S/C19H19BrFNO3/c1-19(2,3)18(24)22-14-7-4-12(5-8-14)16(23)11-25-17-9-6-13(20)10-15(17)21/h4-10H,11H2,1-3H3,(H,22,24). The summed E-state index contributed by atoms with van der Waals surface area (Å²) in [4.78, 5) is 24.1. The van der Waals surface area contributed by atoms with Crippen molar-refractivity contribution in [3.63, 3.8) is 0 Å². The van der Waals surface area contributed by atoms with Crippen LogP contribution in [0, 0.1) is 11.2 Å². The van der Waals surface area contributed by atoms with E-state index in [9.17, 15) is 14.0 Å². The molecule has 2 aromatic rings. The Hall–Kier alpha value is -2.21. The van der Waals surface area contributed by atoms with Gasteiger partial charge in [-0.15, -0.1) is 0 Å². The molecule has 2 rings (SSSR count). The molecule has 0 saturated carbocycles. The Kier molecular flexibility index (Phi) is 5.95. The summed E-state index contributed by atoms with van der Waals surface area (Å²) in [6.45, 7) is 5.18. The Morgan fingerprint density at radius 3 is 2.32 bits per heavy atom. The van der Waals surface area contributed by atoms with E-state index in [0.29, 0.717) is 15.7 Å². The van der Waals surface area contributed by atoms with Crippen LogP contribution in [0.1, 0.15) is 31.1 Å². The highest BCUT2D eigenvalue weighted by molar-refractivity contribution is 9.10. The molecule has 0 saturated heterocycles. The zero-order chi connectivity index (χ0) is 18.6. The lowest BCUT2D eigenvalue weighted by atomic mass is 9.95. The SMILES string of the molecule is CC(C)(C)C(=O)Nc1ccc(C(=O)COc2ccc(Br)cc2F)cc1. The number of halogens is 2. The number of anilines is 1. The van der Waals surface area contributed by atoms with E-state index < -0.39 is 11.2 Å². The van der Waals surface area contributed by atoms with Crippen LogP contribution in [0.2, 0.25) is 0 Å². The third kappa shape index (κ3) is 5.39. The Balaban J connectivity index is 1.97. The predicted octanol–water partition coefficient (Wildman–Crippen LogP) is 4.83. The van der Waals surface area contributed by atoms with Gasteiger partial charge in [0.05, 0.1) is 0 Å². The lowest BCUT2D eigenvalue weighted by Gasteiger charge is -2.17. The second kappa shape index (κ2) is 7.78. The number of Topliss-reactive ketones (excluding diaryl/α,β-unsaturated/α-hetero) is 1. The predicted molar refractivity (Wildman–Crippen MR) is 98.5 cm³/mol. The van der Waals surface area contributed by atoms with Gasteiger partial charge in [-0.2, -0.15) is 0 Å². The smallest absolute Gasteiger partial charge is 0.229 e. The van der Waals surface area contributed by atoms with Crippen LogP contribution in [-0.4, -0.2) is 18.3 Å². The molecule has 0 radical (unpaired) electrons. The number of ketones is 1. The minimum atomic E-state index is -0.539. The quantitative estimate of drug-likeness (QED) is 0.721. The van der Waals surface area contributed by atoms with Crippen LogP contribution in [0.3, 0.4) is 0 Å². The van der Waals surface area contributed by atoms with Gasteiger partial charge >= 0.3 is 0 Å². The molecule has 0 aliphatic carbocycles. The molecule has 1 amide bonds. The molecule has 0 heterocycles. The zero-order valence-electron chi connectivity index (χ0n) is 14.2. The van der Waals surface area contributed by atoms with E-state index in [2.05, 4.69) is 21.2 Å². The van der Waals surface area contributed by atoms with Crippen molar-refractivity contribution in [2.75, 3.05) is 11.9 Å². The van der Waals surface area contributed by atoms with Crippen LogP contribution >= 0.6 is 15.9 Å². The first-order valence-electron chi connectivity index (χ1n) is 7.69. The molecule has 0 aliphatic heterocycles. The average Bonchev–Trinajstić information content (AvgIpc) is 2.53. The molecule has 0 spiro atoms. The Bertz CT molecular complexity index is 782. The molecule has 25 heavy (non-hydrogen) atoms. The number of hydrogen-bond donors (Lipinski definition) is 1. The summed E-state index contributed by atoms with van der Waals surface area (Å²) < 4.78 is 19.5. The van der Waals surface area contributed by atoms with E-state index in [4.69, 9.17) is 4.74 Å². The number of rotatable bonds is 5. The molecule has 132 valence electrons. The molecule has 2 aromatic carbocycles. The summed E-state index contributed by atoms with van der Waals surface area (Å²) in [7, 11) is 0. The van der Waals surface area contributed by atoms with E-state index in [0.717, 1.165) is 0 Å². The zero-order valence-corrected chi connectivity index (χ0v) is 15.8. The van der Waals surface area contributed by atoms with Gasteiger partial charge in [0.15, 0.2) is 24.0 Å². The summed E-state index contributed by atoms with van der Waals surface area (Å²) in [5.74, 6) is -0.912. The van der Waals surface area contributed by atoms with E-state index in [-0.39, 0.29) is 24.0 Å². The van der Waals surface area contributed by atoms with Crippen LogP contribution in [0.5, 0.6) is 5.75 Å². The third-order valence-electron chi connectivity index (χ3n) is 3.40. The van der Waals surface area contributed by atoms with Crippen molar-refractivity contribution in [1.82, 2.24) is 0 Å². The Morgan fingerprint density at radius 1 is 1.12 bits per heavy atom. The van der Waals surface area contributed by atoms with Crippen LogP contribution in [0.15, 0.2) is 46.9 Å². The second-order valence-corrected chi connectivity index (χ2v) is 7.48. The number of carbonyl (C=O) groups excluding carboxylic acids is 2. The fourth-order valence-electron chi connectivity index (χ4n) is 1.88. The summed E-state index contributed by atoms with van der Waals surface area (Å²) in [6, 6.07) is 10.9. The fourth-order valence-corrected chi connectivity index (χ4v) is 2.21. The van der Waals surface area contributed by atoms with Crippen LogP contribution < -0.4 is 10.1 Å². The molecule has 0 fully saturated rings. The molecule has 0 bridgehead atoms. The lowest BCUT2D eigenvalue weighted by Crippen LogP contribution is -2.27. The Morgan fingerprint density at radius 2 is 1.76 bits per heavy atom. The molecule has 6 heteroatoms. The number of nitrogens with one attached hydrogen (secondary N) is 1. The van der Waals surface area contributed by atoms with Gasteiger partial charge in [-0.25, -0.2) is 4.39 Å². The summed E-state index contributed by atoms with van der Waals surface area (Å²) in [5, 5.41) is 2.78. The first kappa shape index (κ1) is 19.1. The largest absolute Gasteiger partial charge is 0.482 e. The van der Waals surface area contributed by atoms with Crippen molar-refractivity contribution in [1.29, 1.82) is 0 Å². The summed E-state index contributed by atoms with van der Waals surface area (Å²) >= 11 is 3.16. The van der Waals surface area contributed by atoms with Gasteiger partial charge in [-0.1, -0.05) is 36.7 Å². The van der Waals surface area contributed by atoms with E-state index in [1.165, 1.54) is 12.1 Å². The van der Waals surface area contributed by atoms with Crippen molar-refractivity contribution in [3.05, 3.63) is 58.3 Å². The van der Waals surface area contributed by atoms with Crippen molar-refractivity contribution in [2.45, 2.75) is 20.8 Å². The van der Waals surface area contributed by atoms with Crippen molar-refractivity contribution in [3.8, 4) is 5.75 Å². The monoisotopic (exact) mass is 407 g/mol. The van der Waals surface area contributed by atoms with Gasteiger partial charge in [0.1, 0.15) is 0 Å². The van der Waals surface area contributed by atoms with Crippen molar-refractivity contribution in [2.24, 2.45) is 5.41 Å². The highest BCUT2D eigenvalue weighted by Gasteiger charge is 2.21. The maximum Gasteiger partial charge on any atom is 0.229 e. The third-order valence-corrected chi connectivity index (χ3v) is 3.89. The summed E-state index contributed by atoms with van der Waals surface area (Å²) in [6.07, 6.45) is 0. The first-order valence-corrected chi connectivity index (χ1v) is 8.48. The fraction of sp³-hybridized carbons (Fsp3) is 0.263. The van der Waals surface area contributed by atoms with Gasteiger partial charge in [-0.05, 0) is 42.5 Å². The molecule has 0 unspecified atom stereocenters. The molecule has 0 aromatic heterocycles. The van der Waals surface area contributed by atoms with Crippen LogP contribution in [0.4, 0.5) is 10.1 Å². The van der Waals surface area contributed by atoms with Gasteiger partial charge in [-0.3, -0.25) is 9.59 Å². The van der Waals surface area contributed by atoms with Crippen molar-refractivity contribution >= 4 is 33.3 Å². The van der Waals surface area contributed by atoms with Crippen molar-refractivity contribution < 1.29 is 18.7 Å². The highest BCUT2D eigenvalue weighted by Crippen LogP contribution is 2.22. The van der Waals surface area contributed by atoms with Gasteiger partial charge in [0.25, 0.3) is 0 Å². The summed E-state index contributed by atoms with van der Waals surface area (Å²) in [5.41, 5.74) is 0.527. The number of hydrogen-bond acceptors (Lipinski definition) is 3. The van der Waals surface area contributed by atoms with Gasteiger partial charge in [0.2, 0.25) is 5.91 Å². The molecule has 0 aliphatic rings. The number of amides is 1. The highest BCUT2D eigenvalue weighted by atomic mass is 79.9. The maximum atomic E-state index is 13.7. The number of benzene rings is 2. The van der Waals surface area contributed by atoms with Gasteiger partial charge in [0, 0.05) is 21.1 Å². The minimum absolute atomic E-state index is 0.0191. The van der Waals surface area contributed by atoms with E-state index in [1.807, 2.05) is 20.8 Å². The van der Waals surface area contributed by atoms with E-state index in [1.54, 1.807) is 30.3 Å². The minimum Gasteiger partial charge on any atom is -0.482 e. The van der Waals surface area contributed by atoms with Crippen LogP contribution in [-0.2, 0) is 4.79 Å². The van der Waals surface area contributed by atoms with Gasteiger partial charge < -0.3 is 10.1 Å². The molecule has 4 nitrogen and oxygen atoms in total. The number of ether oxygens (including phenoxy) is 1. The molecule has 0 atom stereocenters. The van der Waals surface area contributed by atoms with Crippen LogP contribution in [0.25, 0.3) is 0 Å². The normalized spacial score (nSPS) is 11.1. The second-order valence-electron chi connectivity index (χ2n) is 6.57. The Labute approximate surface area is 154 Å². The molecular formula is C19H19BrFNO3. The molecular weight excluding hydrogens is 389 g/mol. The topological polar surface area (TPSA) is 55.4 Å². The number of carbonyl (C=O) groups is 2. The lowest BCUT2D eigenvalue weighted by molar-refractivity contribution is -0.123. The average molecular weight is 408 g/mol. The maximum absolute atomic E-state index is 13.7.